The first-order valence-corrected chi connectivity index (χ1v) is 5.25. The molecule has 24 heavy (non-hydrogen) atoms. The number of rotatable bonds is 2. The third kappa shape index (κ3) is 11.3. The third-order valence-corrected chi connectivity index (χ3v) is 1.45. The van der Waals surface area contributed by atoms with Crippen molar-refractivity contribution < 1.29 is 58.6 Å². The largest absolute Gasteiger partial charge is 0.491 e. The average Bonchev–Trinajstić information content (AvgIpc) is 2.32. The fourth-order valence-corrected chi connectivity index (χ4v) is 0.511. The van der Waals surface area contributed by atoms with Crippen LogP contribution in [0.15, 0.2) is 12.3 Å². The smallest absolute Gasteiger partial charge is 0.383 e. The summed E-state index contributed by atoms with van der Waals surface area (Å²) in [6, 6.07) is 0. The topological polar surface area (TPSA) is 63.7 Å². The number of alkyl halides is 9. The number of nitrogens with zero attached hydrogens (tertiary/aromatic N) is 1. The summed E-state index contributed by atoms with van der Waals surface area (Å²) in [5.74, 6) is -8.24. The van der Waals surface area contributed by atoms with E-state index in [-0.39, 0.29) is 0 Å². The van der Waals surface area contributed by atoms with E-state index in [4.69, 9.17) is 0 Å². The molecule has 14 heteroatoms. The fourth-order valence-electron chi connectivity index (χ4n) is 0.511. The predicted molar refractivity (Wildman–Crippen MR) is 57.1 cm³/mol. The molecule has 0 aliphatic rings. The number of halogens is 9. The molecular formula is C10H8F9NO4. The van der Waals surface area contributed by atoms with Gasteiger partial charge in [-0.05, 0) is 0 Å². The molecule has 0 aromatic rings. The number of ketones is 1. The summed E-state index contributed by atoms with van der Waals surface area (Å²) in [6.07, 6.45) is -14.5. The summed E-state index contributed by atoms with van der Waals surface area (Å²) >= 11 is 0. The van der Waals surface area contributed by atoms with Crippen molar-refractivity contribution in [1.82, 2.24) is 4.90 Å². The van der Waals surface area contributed by atoms with Gasteiger partial charge in [-0.15, -0.1) is 0 Å². The van der Waals surface area contributed by atoms with Gasteiger partial charge in [0.05, 0.1) is 0 Å². The molecule has 0 spiro atoms. The van der Waals surface area contributed by atoms with Gasteiger partial charge in [-0.1, -0.05) is 0 Å². The molecule has 0 saturated heterocycles. The van der Waals surface area contributed by atoms with Gasteiger partial charge in [0.1, 0.15) is 0 Å². The first kappa shape index (κ1) is 24.0. The van der Waals surface area contributed by atoms with Crippen molar-refractivity contribution in [3.8, 4) is 0 Å². The zero-order valence-corrected chi connectivity index (χ0v) is 11.6. The molecule has 0 bridgehead atoms. The Bertz CT molecular complexity index is 464. The van der Waals surface area contributed by atoms with Crippen molar-refractivity contribution in [1.29, 1.82) is 0 Å². The molecule has 5 nitrogen and oxygen atoms in total. The Labute approximate surface area is 127 Å². The van der Waals surface area contributed by atoms with Gasteiger partial charge in [-0.3, -0.25) is 4.79 Å². The van der Waals surface area contributed by atoms with E-state index in [1.54, 1.807) is 0 Å². The second kappa shape index (κ2) is 8.54. The van der Waals surface area contributed by atoms with Crippen LogP contribution in [0.3, 0.4) is 0 Å². The monoisotopic (exact) mass is 377 g/mol. The first-order chi connectivity index (χ1) is 10.4. The Balaban J connectivity index is 0. The SMILES string of the molecule is CN(C)/C=C/C(=O)C(F)(F)F.O=C(OC(=O)C(F)(F)F)C(F)(F)F. The second-order valence-corrected chi connectivity index (χ2v) is 3.81. The quantitative estimate of drug-likeness (QED) is 0.320. The van der Waals surface area contributed by atoms with E-state index >= 15 is 0 Å². The van der Waals surface area contributed by atoms with E-state index in [1.807, 2.05) is 0 Å². The standard InChI is InChI=1S/C6H8F3NO.C4F6O3/c1-10(2)4-3-5(11)6(7,8)9;5-3(6,7)1(11)13-2(12)4(8,9)10/h3-4H,1-2H3;/b4-3+;. The number of carbonyl (C=O) groups is 3. The van der Waals surface area contributed by atoms with Crippen LogP contribution < -0.4 is 0 Å². The highest BCUT2D eigenvalue weighted by molar-refractivity contribution is 5.94. The average molecular weight is 377 g/mol. The fraction of sp³-hybridized carbons (Fsp3) is 0.500. The molecule has 0 amide bonds. The van der Waals surface area contributed by atoms with Gasteiger partial charge >= 0.3 is 30.5 Å². The molecule has 0 aromatic carbocycles. The second-order valence-electron chi connectivity index (χ2n) is 3.81. The van der Waals surface area contributed by atoms with Crippen molar-refractivity contribution >= 4 is 17.7 Å². The van der Waals surface area contributed by atoms with Crippen LogP contribution in [0.5, 0.6) is 0 Å². The van der Waals surface area contributed by atoms with Crippen LogP contribution in [0.25, 0.3) is 0 Å². The molecule has 140 valence electrons. The lowest BCUT2D eigenvalue weighted by molar-refractivity contribution is -0.221. The maximum Gasteiger partial charge on any atom is 0.491 e. The van der Waals surface area contributed by atoms with Gasteiger partial charge in [0.2, 0.25) is 0 Å². The Kier molecular flexibility index (Phi) is 8.53. The highest BCUT2D eigenvalue weighted by Crippen LogP contribution is 2.21. The van der Waals surface area contributed by atoms with Crippen molar-refractivity contribution in [2.24, 2.45) is 0 Å². The molecule has 0 fully saturated rings. The highest BCUT2D eigenvalue weighted by Gasteiger charge is 2.49. The minimum absolute atomic E-state index is 0.486. The summed E-state index contributed by atoms with van der Waals surface area (Å²) in [5.41, 5.74) is 0. The summed E-state index contributed by atoms with van der Waals surface area (Å²) in [6.45, 7) is 0. The Morgan fingerprint density at radius 3 is 1.29 bits per heavy atom. The van der Waals surface area contributed by atoms with Gasteiger partial charge in [0.15, 0.2) is 0 Å². The maximum atomic E-state index is 11.5. The molecular weight excluding hydrogens is 369 g/mol. The molecule has 0 saturated carbocycles. The summed E-state index contributed by atoms with van der Waals surface area (Å²) in [7, 11) is 3.06. The van der Waals surface area contributed by atoms with E-state index < -0.39 is 36.3 Å². The van der Waals surface area contributed by atoms with Crippen LogP contribution in [0.2, 0.25) is 0 Å². The van der Waals surface area contributed by atoms with Gasteiger partial charge in [-0.25, -0.2) is 9.59 Å². The van der Waals surface area contributed by atoms with E-state index in [9.17, 15) is 53.9 Å². The molecule has 0 rings (SSSR count). The van der Waals surface area contributed by atoms with E-state index in [0.717, 1.165) is 6.20 Å². The molecule has 0 N–H and O–H groups in total. The number of carbonyl (C=O) groups excluding carboxylic acids is 3. The first-order valence-electron chi connectivity index (χ1n) is 5.25. The van der Waals surface area contributed by atoms with Crippen LogP contribution in [0.1, 0.15) is 0 Å². The van der Waals surface area contributed by atoms with Gasteiger partial charge in [-0.2, -0.15) is 39.5 Å². The highest BCUT2D eigenvalue weighted by atomic mass is 19.4. The molecule has 0 heterocycles. The van der Waals surface area contributed by atoms with E-state index in [0.29, 0.717) is 6.08 Å². The molecule has 0 atom stereocenters. The zero-order chi connectivity index (χ0) is 19.9. The molecule has 0 aliphatic carbocycles. The van der Waals surface area contributed by atoms with E-state index in [2.05, 4.69) is 4.74 Å². The van der Waals surface area contributed by atoms with Crippen LogP contribution in [-0.4, -0.2) is 55.2 Å². The normalized spacial score (nSPS) is 12.3. The van der Waals surface area contributed by atoms with Gasteiger partial charge < -0.3 is 9.64 Å². The number of hydrogen-bond donors (Lipinski definition) is 0. The lowest BCUT2D eigenvalue weighted by atomic mass is 10.4. The summed E-state index contributed by atoms with van der Waals surface area (Å²) in [5, 5.41) is 0. The number of ether oxygens (including phenoxy) is 1. The van der Waals surface area contributed by atoms with Crippen molar-refractivity contribution in [2.75, 3.05) is 14.1 Å². The third-order valence-electron chi connectivity index (χ3n) is 1.45. The Hall–Kier alpha value is -2.28. The number of allylic oxidation sites excluding steroid dienone is 1. The maximum absolute atomic E-state index is 11.5. The Morgan fingerprint density at radius 1 is 0.750 bits per heavy atom. The molecule has 0 aliphatic heterocycles. The molecule has 0 radical (unpaired) electrons. The molecule has 0 aromatic heterocycles. The van der Waals surface area contributed by atoms with Crippen LogP contribution in [-0.2, 0) is 19.1 Å². The Morgan fingerprint density at radius 2 is 1.08 bits per heavy atom. The van der Waals surface area contributed by atoms with Crippen molar-refractivity contribution in [2.45, 2.75) is 18.5 Å². The minimum Gasteiger partial charge on any atom is -0.383 e. The zero-order valence-electron chi connectivity index (χ0n) is 11.6. The van der Waals surface area contributed by atoms with Gasteiger partial charge in [0.25, 0.3) is 5.78 Å². The lowest BCUT2D eigenvalue weighted by Crippen LogP contribution is -2.34. The summed E-state index contributed by atoms with van der Waals surface area (Å²) < 4.78 is 104. The lowest BCUT2D eigenvalue weighted by Gasteiger charge is -2.06. The van der Waals surface area contributed by atoms with Crippen molar-refractivity contribution in [3.63, 3.8) is 0 Å². The number of esters is 2. The van der Waals surface area contributed by atoms with Gasteiger partial charge in [0, 0.05) is 26.4 Å². The van der Waals surface area contributed by atoms with Crippen LogP contribution in [0, 0.1) is 0 Å². The number of hydrogen-bond acceptors (Lipinski definition) is 5. The van der Waals surface area contributed by atoms with Crippen LogP contribution in [0.4, 0.5) is 39.5 Å². The molecule has 0 unspecified atom stereocenters. The minimum atomic E-state index is -5.62. The predicted octanol–water partition coefficient (Wildman–Crippen LogP) is 2.37. The van der Waals surface area contributed by atoms with E-state index in [1.165, 1.54) is 19.0 Å². The van der Waals surface area contributed by atoms with Crippen LogP contribution >= 0.6 is 0 Å². The van der Waals surface area contributed by atoms with Crippen molar-refractivity contribution in [3.05, 3.63) is 12.3 Å². The summed E-state index contributed by atoms with van der Waals surface area (Å²) in [4.78, 5) is 30.8.